The Balaban J connectivity index is 3.11. The van der Waals surface area contributed by atoms with E-state index in [2.05, 4.69) is 9.38 Å². The van der Waals surface area contributed by atoms with Gasteiger partial charge < -0.3 is 9.45 Å². The van der Waals surface area contributed by atoms with Gasteiger partial charge in [0.1, 0.15) is 21.9 Å². The highest BCUT2D eigenvalue weighted by Crippen LogP contribution is 2.21. The molecule has 0 aliphatic heterocycles. The first kappa shape index (κ1) is 15.0. The Bertz CT molecular complexity index is 438. The van der Waals surface area contributed by atoms with E-state index in [4.69, 9.17) is 0 Å². The standard InChI is InChI=1S/C13H21N3OS/c1-10(15-18(17)13(2,3)4)11-8-7-9-14-12(11)16(5)6/h7-9H,1-6H3/b15-10+. The lowest BCUT2D eigenvalue weighted by Gasteiger charge is -2.20. The van der Waals surface area contributed by atoms with E-state index in [0.29, 0.717) is 0 Å². The van der Waals surface area contributed by atoms with E-state index in [1.165, 1.54) is 0 Å². The van der Waals surface area contributed by atoms with Crippen LogP contribution >= 0.6 is 0 Å². The molecule has 0 bridgehead atoms. The van der Waals surface area contributed by atoms with Crippen molar-refractivity contribution in [2.75, 3.05) is 19.0 Å². The molecule has 0 radical (unpaired) electrons. The maximum Gasteiger partial charge on any atom is 0.144 e. The minimum absolute atomic E-state index is 0.345. The smallest absolute Gasteiger partial charge is 0.144 e. The quantitative estimate of drug-likeness (QED) is 0.624. The topological polar surface area (TPSA) is 51.6 Å². The molecule has 0 saturated heterocycles. The Labute approximate surface area is 112 Å². The highest BCUT2D eigenvalue weighted by atomic mass is 32.2. The number of anilines is 1. The summed E-state index contributed by atoms with van der Waals surface area (Å²) in [6.45, 7) is 7.61. The van der Waals surface area contributed by atoms with Gasteiger partial charge in [0.25, 0.3) is 0 Å². The molecule has 1 aromatic heterocycles. The first-order chi connectivity index (χ1) is 8.23. The molecular weight excluding hydrogens is 246 g/mol. The molecule has 0 N–H and O–H groups in total. The maximum atomic E-state index is 12.0. The monoisotopic (exact) mass is 267 g/mol. The number of rotatable bonds is 3. The fourth-order valence-corrected chi connectivity index (χ4v) is 1.97. The zero-order valence-corrected chi connectivity index (χ0v) is 12.7. The molecule has 1 unspecified atom stereocenters. The second kappa shape index (κ2) is 5.71. The summed E-state index contributed by atoms with van der Waals surface area (Å²) in [7, 11) is 3.86. The van der Waals surface area contributed by atoms with Crippen molar-refractivity contribution in [1.82, 2.24) is 4.98 Å². The fourth-order valence-electron chi connectivity index (χ4n) is 1.35. The number of pyridine rings is 1. The Kier molecular flexibility index (Phi) is 4.76. The summed E-state index contributed by atoms with van der Waals surface area (Å²) < 4.78 is 16.0. The Morgan fingerprint density at radius 3 is 2.50 bits per heavy atom. The van der Waals surface area contributed by atoms with Crippen LogP contribution in [-0.4, -0.2) is 34.1 Å². The van der Waals surface area contributed by atoms with Crippen molar-refractivity contribution in [3.63, 3.8) is 0 Å². The summed E-state index contributed by atoms with van der Waals surface area (Å²) >= 11 is -1.25. The molecule has 0 spiro atoms. The number of hydrogen-bond donors (Lipinski definition) is 0. The van der Waals surface area contributed by atoms with E-state index in [1.54, 1.807) is 6.20 Å². The summed E-state index contributed by atoms with van der Waals surface area (Å²) in [6.07, 6.45) is 1.74. The van der Waals surface area contributed by atoms with Crippen molar-refractivity contribution in [2.45, 2.75) is 32.4 Å². The Morgan fingerprint density at radius 1 is 1.39 bits per heavy atom. The van der Waals surface area contributed by atoms with Crippen molar-refractivity contribution in [1.29, 1.82) is 0 Å². The summed E-state index contributed by atoms with van der Waals surface area (Å²) in [6, 6.07) is 3.81. The highest BCUT2D eigenvalue weighted by Gasteiger charge is 2.27. The second-order valence-electron chi connectivity index (χ2n) is 5.31. The van der Waals surface area contributed by atoms with Gasteiger partial charge in [-0.05, 0) is 39.8 Å². The van der Waals surface area contributed by atoms with Gasteiger partial charge in [-0.15, -0.1) is 0 Å². The number of nitrogens with zero attached hydrogens (tertiary/aromatic N) is 3. The van der Waals surface area contributed by atoms with E-state index in [-0.39, 0.29) is 4.75 Å². The van der Waals surface area contributed by atoms with E-state index < -0.39 is 11.4 Å². The minimum atomic E-state index is -1.25. The third-order valence-electron chi connectivity index (χ3n) is 2.34. The molecule has 0 aliphatic carbocycles. The molecule has 100 valence electrons. The average Bonchev–Trinajstić information content (AvgIpc) is 2.27. The van der Waals surface area contributed by atoms with Crippen molar-refractivity contribution < 1.29 is 4.55 Å². The third-order valence-corrected chi connectivity index (χ3v) is 3.83. The first-order valence-electron chi connectivity index (χ1n) is 5.83. The first-order valence-corrected chi connectivity index (χ1v) is 6.94. The van der Waals surface area contributed by atoms with E-state index in [9.17, 15) is 4.55 Å². The average molecular weight is 267 g/mol. The van der Waals surface area contributed by atoms with Crippen LogP contribution in [0.2, 0.25) is 0 Å². The third kappa shape index (κ3) is 3.71. The van der Waals surface area contributed by atoms with Crippen LogP contribution in [0, 0.1) is 0 Å². The SMILES string of the molecule is C/C(=N\[S+]([O-])C(C)(C)C)c1cccnc1N(C)C. The van der Waals surface area contributed by atoms with Gasteiger partial charge in [0.05, 0.1) is 5.71 Å². The van der Waals surface area contributed by atoms with Crippen LogP contribution in [0.5, 0.6) is 0 Å². The lowest BCUT2D eigenvalue weighted by Crippen LogP contribution is -2.27. The van der Waals surface area contributed by atoms with Crippen LogP contribution in [0.15, 0.2) is 22.7 Å². The minimum Gasteiger partial charge on any atom is -0.591 e. The summed E-state index contributed by atoms with van der Waals surface area (Å²) in [5, 5.41) is 0. The normalized spacial score (nSPS) is 14.5. The molecule has 1 atom stereocenters. The lowest BCUT2D eigenvalue weighted by atomic mass is 10.2. The van der Waals surface area contributed by atoms with Crippen LogP contribution < -0.4 is 4.90 Å². The largest absolute Gasteiger partial charge is 0.591 e. The van der Waals surface area contributed by atoms with Crippen molar-refractivity contribution >= 4 is 22.9 Å². The Morgan fingerprint density at radius 2 is 2.00 bits per heavy atom. The van der Waals surface area contributed by atoms with E-state index in [1.807, 2.05) is 58.8 Å². The maximum absolute atomic E-state index is 12.0. The van der Waals surface area contributed by atoms with Gasteiger partial charge in [-0.25, -0.2) is 4.98 Å². The summed E-state index contributed by atoms with van der Waals surface area (Å²) in [5.74, 6) is 0.838. The zero-order chi connectivity index (χ0) is 13.9. The van der Waals surface area contributed by atoms with Gasteiger partial charge in [-0.1, -0.05) is 4.40 Å². The van der Waals surface area contributed by atoms with E-state index >= 15 is 0 Å². The van der Waals surface area contributed by atoms with Gasteiger partial charge in [0.2, 0.25) is 0 Å². The number of aromatic nitrogens is 1. The fraction of sp³-hybridized carbons (Fsp3) is 0.538. The van der Waals surface area contributed by atoms with Crippen LogP contribution in [0.3, 0.4) is 0 Å². The summed E-state index contributed by atoms with van der Waals surface area (Å²) in [4.78, 5) is 6.24. The van der Waals surface area contributed by atoms with Crippen molar-refractivity contribution in [2.24, 2.45) is 4.40 Å². The molecule has 0 fully saturated rings. The van der Waals surface area contributed by atoms with Gasteiger partial charge in [-0.3, -0.25) is 0 Å². The predicted molar refractivity (Wildman–Crippen MR) is 78.7 cm³/mol. The molecule has 0 saturated carbocycles. The van der Waals surface area contributed by atoms with Crippen LogP contribution in [0.25, 0.3) is 0 Å². The summed E-state index contributed by atoms with van der Waals surface area (Å²) in [5.41, 5.74) is 1.67. The highest BCUT2D eigenvalue weighted by molar-refractivity contribution is 7.91. The second-order valence-corrected chi connectivity index (χ2v) is 7.21. The molecule has 0 amide bonds. The van der Waals surface area contributed by atoms with Crippen LogP contribution in [0.4, 0.5) is 5.82 Å². The lowest BCUT2D eigenvalue weighted by molar-refractivity contribution is 0.561. The zero-order valence-electron chi connectivity index (χ0n) is 11.9. The molecule has 4 nitrogen and oxygen atoms in total. The van der Waals surface area contributed by atoms with Gasteiger partial charge >= 0.3 is 0 Å². The molecule has 18 heavy (non-hydrogen) atoms. The predicted octanol–water partition coefficient (Wildman–Crippen LogP) is 2.42. The van der Waals surface area contributed by atoms with Crippen molar-refractivity contribution in [3.8, 4) is 0 Å². The molecular formula is C13H21N3OS. The molecule has 1 heterocycles. The van der Waals surface area contributed by atoms with Crippen LogP contribution in [-0.2, 0) is 11.4 Å². The van der Waals surface area contributed by atoms with Crippen molar-refractivity contribution in [3.05, 3.63) is 23.9 Å². The van der Waals surface area contributed by atoms with E-state index in [0.717, 1.165) is 17.1 Å². The van der Waals surface area contributed by atoms with Gasteiger partial charge in [-0.2, -0.15) is 0 Å². The molecule has 0 aromatic carbocycles. The molecule has 1 aromatic rings. The molecule has 5 heteroatoms. The number of hydrogen-bond acceptors (Lipinski definition) is 4. The Hall–Kier alpha value is -1.07. The van der Waals surface area contributed by atoms with Gasteiger partial charge in [0.15, 0.2) is 0 Å². The molecule has 1 rings (SSSR count). The van der Waals surface area contributed by atoms with Gasteiger partial charge in [0, 0.05) is 25.9 Å². The van der Waals surface area contributed by atoms with Crippen LogP contribution in [0.1, 0.15) is 33.3 Å². The molecule has 0 aliphatic rings.